The Labute approximate surface area is 98.4 Å². The summed E-state index contributed by atoms with van der Waals surface area (Å²) in [5, 5.41) is 0. The van der Waals surface area contributed by atoms with Crippen molar-refractivity contribution in [3.63, 3.8) is 0 Å². The van der Waals surface area contributed by atoms with E-state index in [2.05, 4.69) is 8.37 Å². The van der Waals surface area contributed by atoms with Gasteiger partial charge in [0.15, 0.2) is 0 Å². The molecule has 1 atom stereocenters. The summed E-state index contributed by atoms with van der Waals surface area (Å²) in [6.45, 7) is 1.54. The Balaban J connectivity index is 2.01. The first-order valence-corrected chi connectivity index (χ1v) is 6.16. The van der Waals surface area contributed by atoms with E-state index in [0.717, 1.165) is 5.56 Å². The van der Waals surface area contributed by atoms with E-state index in [1.165, 1.54) is 0 Å². The molecule has 1 aromatic carbocycles. The molecular weight excluding hydrogens is 248 g/mol. The van der Waals surface area contributed by atoms with Gasteiger partial charge < -0.3 is 4.74 Å². The number of aryl methyl sites for hydroxylation is 1. The van der Waals surface area contributed by atoms with Crippen LogP contribution in [0.1, 0.15) is 5.56 Å². The van der Waals surface area contributed by atoms with Crippen LogP contribution in [0.2, 0.25) is 0 Å². The van der Waals surface area contributed by atoms with E-state index in [-0.39, 0.29) is 6.61 Å². The number of hydrogen-bond donors (Lipinski definition) is 0. The summed E-state index contributed by atoms with van der Waals surface area (Å²) < 4.78 is 35.2. The number of carbonyl (C=O) groups is 1. The summed E-state index contributed by atoms with van der Waals surface area (Å²) >= 11 is 0. The normalized spacial score (nSPS) is 22.3. The van der Waals surface area contributed by atoms with E-state index >= 15 is 0 Å². The van der Waals surface area contributed by atoms with Crippen LogP contribution in [-0.2, 0) is 23.6 Å². The summed E-state index contributed by atoms with van der Waals surface area (Å²) in [5.74, 6) is -0.469. The lowest BCUT2D eigenvalue weighted by atomic mass is 10.2. The molecule has 0 amide bonds. The van der Waals surface area contributed by atoms with Gasteiger partial charge in [0.05, 0.1) is 0 Å². The van der Waals surface area contributed by atoms with Gasteiger partial charge in [-0.1, -0.05) is 17.7 Å². The molecule has 0 aliphatic carbocycles. The van der Waals surface area contributed by atoms with Gasteiger partial charge in [0.25, 0.3) is 0 Å². The quantitative estimate of drug-likeness (QED) is 0.569. The molecule has 1 aromatic rings. The maximum atomic E-state index is 11.5. The summed E-state index contributed by atoms with van der Waals surface area (Å²) in [6, 6.07) is 6.76. The Morgan fingerprint density at radius 3 is 2.53 bits per heavy atom. The van der Waals surface area contributed by atoms with Crippen molar-refractivity contribution in [2.45, 2.75) is 13.0 Å². The molecule has 1 unspecified atom stereocenters. The van der Waals surface area contributed by atoms with Crippen molar-refractivity contribution in [3.8, 4) is 5.75 Å². The average molecular weight is 258 g/mol. The van der Waals surface area contributed by atoms with Crippen molar-refractivity contribution in [2.75, 3.05) is 6.61 Å². The third kappa shape index (κ3) is 3.02. The Hall–Kier alpha value is -1.44. The fourth-order valence-electron chi connectivity index (χ4n) is 1.24. The maximum absolute atomic E-state index is 11.5. The van der Waals surface area contributed by atoms with Gasteiger partial charge in [0.2, 0.25) is 6.10 Å². The molecule has 1 aliphatic rings. The van der Waals surface area contributed by atoms with Crippen LogP contribution in [0, 0.1) is 6.92 Å². The highest BCUT2D eigenvalue weighted by atomic mass is 32.3. The number of benzene rings is 1. The minimum Gasteiger partial charge on any atom is -0.425 e. The molecule has 0 radical (unpaired) electrons. The van der Waals surface area contributed by atoms with Crippen molar-refractivity contribution >= 4 is 16.4 Å². The van der Waals surface area contributed by atoms with Gasteiger partial charge in [0, 0.05) is 0 Å². The third-order valence-corrected chi connectivity index (χ3v) is 2.99. The van der Waals surface area contributed by atoms with Crippen LogP contribution in [0.4, 0.5) is 0 Å². The van der Waals surface area contributed by atoms with E-state index in [0.29, 0.717) is 5.75 Å². The van der Waals surface area contributed by atoms with Gasteiger partial charge in [-0.3, -0.25) is 0 Å². The van der Waals surface area contributed by atoms with Crippen molar-refractivity contribution < 1.29 is 26.3 Å². The molecule has 1 saturated heterocycles. The van der Waals surface area contributed by atoms with Gasteiger partial charge in [-0.2, -0.15) is 8.42 Å². The highest BCUT2D eigenvalue weighted by Crippen LogP contribution is 2.17. The van der Waals surface area contributed by atoms with Gasteiger partial charge >= 0.3 is 16.4 Å². The predicted molar refractivity (Wildman–Crippen MR) is 56.6 cm³/mol. The molecule has 1 heterocycles. The van der Waals surface area contributed by atoms with Crippen molar-refractivity contribution in [2.24, 2.45) is 0 Å². The fraction of sp³-hybridized carbons (Fsp3) is 0.300. The highest BCUT2D eigenvalue weighted by Gasteiger charge is 2.36. The van der Waals surface area contributed by atoms with Crippen molar-refractivity contribution in [1.29, 1.82) is 0 Å². The van der Waals surface area contributed by atoms with Crippen LogP contribution in [0.15, 0.2) is 24.3 Å². The van der Waals surface area contributed by atoms with Crippen LogP contribution in [0.25, 0.3) is 0 Å². The molecule has 0 saturated carbocycles. The van der Waals surface area contributed by atoms with Crippen LogP contribution < -0.4 is 4.74 Å². The second kappa shape index (κ2) is 4.44. The smallest absolute Gasteiger partial charge is 0.400 e. The molecule has 0 aromatic heterocycles. The van der Waals surface area contributed by atoms with E-state index in [1.54, 1.807) is 24.3 Å². The summed E-state index contributed by atoms with van der Waals surface area (Å²) in [6.07, 6.45) is -1.23. The Bertz CT molecular complexity index is 518. The highest BCUT2D eigenvalue weighted by molar-refractivity contribution is 7.82. The Morgan fingerprint density at radius 1 is 1.35 bits per heavy atom. The predicted octanol–water partition coefficient (Wildman–Crippen LogP) is 0.561. The molecule has 17 heavy (non-hydrogen) atoms. The Kier molecular flexibility index (Phi) is 3.14. The van der Waals surface area contributed by atoms with Crippen molar-refractivity contribution in [1.82, 2.24) is 0 Å². The first-order chi connectivity index (χ1) is 7.96. The van der Waals surface area contributed by atoms with Crippen molar-refractivity contribution in [3.05, 3.63) is 29.8 Å². The van der Waals surface area contributed by atoms with E-state index in [9.17, 15) is 13.2 Å². The van der Waals surface area contributed by atoms with Gasteiger partial charge in [-0.15, -0.1) is 0 Å². The number of carbonyl (C=O) groups excluding carboxylic acids is 1. The molecule has 7 heteroatoms. The lowest BCUT2D eigenvalue weighted by molar-refractivity contribution is -0.141. The molecular formula is C10H10O6S. The van der Waals surface area contributed by atoms with Gasteiger partial charge in [-0.05, 0) is 19.1 Å². The zero-order valence-corrected chi connectivity index (χ0v) is 9.77. The fourth-order valence-corrected chi connectivity index (χ4v) is 2.00. The first-order valence-electron chi connectivity index (χ1n) is 4.82. The lowest BCUT2D eigenvalue weighted by Crippen LogP contribution is -2.27. The zero-order chi connectivity index (χ0) is 12.5. The molecule has 0 bridgehead atoms. The average Bonchev–Trinajstić information content (AvgIpc) is 2.62. The topological polar surface area (TPSA) is 78.9 Å². The molecule has 0 spiro atoms. The Morgan fingerprint density at radius 2 is 2.00 bits per heavy atom. The van der Waals surface area contributed by atoms with E-state index in [4.69, 9.17) is 4.74 Å². The third-order valence-electron chi connectivity index (χ3n) is 2.10. The van der Waals surface area contributed by atoms with Gasteiger partial charge in [-0.25, -0.2) is 13.2 Å². The minimum atomic E-state index is -4.04. The molecule has 0 N–H and O–H groups in total. The SMILES string of the molecule is Cc1ccc(OC(=O)C2COS(=O)(=O)O2)cc1. The van der Waals surface area contributed by atoms with Gasteiger partial charge in [0.1, 0.15) is 12.4 Å². The van der Waals surface area contributed by atoms with E-state index < -0.39 is 22.5 Å². The number of ether oxygens (including phenoxy) is 1. The van der Waals surface area contributed by atoms with Crippen LogP contribution in [0.5, 0.6) is 5.75 Å². The summed E-state index contributed by atoms with van der Waals surface area (Å²) in [7, 11) is -4.04. The second-order valence-corrected chi connectivity index (χ2v) is 4.76. The molecule has 1 fully saturated rings. The molecule has 2 rings (SSSR count). The second-order valence-electron chi connectivity index (χ2n) is 3.51. The van der Waals surface area contributed by atoms with Crippen LogP contribution in [-0.4, -0.2) is 27.1 Å². The number of rotatable bonds is 2. The lowest BCUT2D eigenvalue weighted by Gasteiger charge is -2.06. The maximum Gasteiger partial charge on any atom is 0.400 e. The molecule has 1 aliphatic heterocycles. The summed E-state index contributed by atoms with van der Waals surface area (Å²) in [4.78, 5) is 11.5. The first kappa shape index (κ1) is 12.0. The van der Waals surface area contributed by atoms with Crippen LogP contribution >= 0.6 is 0 Å². The standard InChI is InChI=1S/C10H10O6S/c1-7-2-4-8(5-3-7)15-10(11)9-6-14-17(12,13)16-9/h2-5,9H,6H2,1H3. The number of esters is 1. The van der Waals surface area contributed by atoms with Crippen LogP contribution in [0.3, 0.4) is 0 Å². The van der Waals surface area contributed by atoms with E-state index in [1.807, 2.05) is 6.92 Å². The minimum absolute atomic E-state index is 0.327. The molecule has 6 nitrogen and oxygen atoms in total. The number of hydrogen-bond acceptors (Lipinski definition) is 6. The summed E-state index contributed by atoms with van der Waals surface area (Å²) in [5.41, 5.74) is 1.02. The zero-order valence-electron chi connectivity index (χ0n) is 8.95. The monoisotopic (exact) mass is 258 g/mol. The largest absolute Gasteiger partial charge is 0.425 e. The molecule has 92 valence electrons.